The Kier molecular flexibility index (Phi) is 2.57. The van der Waals surface area contributed by atoms with Crippen LogP contribution in [0.2, 0.25) is 0 Å². The van der Waals surface area contributed by atoms with Crippen molar-refractivity contribution in [3.05, 3.63) is 0 Å². The summed E-state index contributed by atoms with van der Waals surface area (Å²) in [6.07, 6.45) is 8.45. The zero-order chi connectivity index (χ0) is 9.19. The lowest BCUT2D eigenvalue weighted by atomic mass is 10.0. The summed E-state index contributed by atoms with van der Waals surface area (Å²) in [6, 6.07) is 0. The van der Waals surface area contributed by atoms with Gasteiger partial charge in [0.1, 0.15) is 5.78 Å². The van der Waals surface area contributed by atoms with Crippen LogP contribution in [-0.4, -0.2) is 5.78 Å². The molecule has 0 aromatic heterocycles. The predicted octanol–water partition coefficient (Wildman–Crippen LogP) is 2.41. The molecule has 1 unspecified atom stereocenters. The van der Waals surface area contributed by atoms with Gasteiger partial charge in [-0.1, -0.05) is 13.8 Å². The zero-order valence-electron chi connectivity index (χ0n) is 7.89. The van der Waals surface area contributed by atoms with Crippen LogP contribution in [0, 0.1) is 23.7 Å². The van der Waals surface area contributed by atoms with E-state index in [1.807, 2.05) is 0 Å². The van der Waals surface area contributed by atoms with Crippen LogP contribution in [0.15, 0.2) is 0 Å². The highest BCUT2D eigenvalue weighted by molar-refractivity contribution is 5.84. The molecule has 1 saturated carbocycles. The molecule has 1 aliphatic carbocycles. The second-order valence-electron chi connectivity index (χ2n) is 4.27. The first-order valence-electron chi connectivity index (χ1n) is 4.54. The molecule has 1 heteroatoms. The second-order valence-corrected chi connectivity index (χ2v) is 4.27. The quantitative estimate of drug-likeness (QED) is 0.460. The maximum absolute atomic E-state index is 11.4. The first kappa shape index (κ1) is 9.32. The van der Waals surface area contributed by atoms with Crippen LogP contribution in [0.1, 0.15) is 39.5 Å². The molecule has 1 fully saturated rings. The number of Topliss-reactive ketones (excluding diaryl/α,β-unsaturated/α-hetero) is 1. The summed E-state index contributed by atoms with van der Waals surface area (Å²) in [5, 5.41) is 0. The standard InChI is InChI=1S/C11H16O/c1-4-5-6-7-10(12)9-8-11(9,2)3/h1,9H,5-8H2,2-3H3. The summed E-state index contributed by atoms with van der Waals surface area (Å²) < 4.78 is 0. The van der Waals surface area contributed by atoms with Crippen molar-refractivity contribution < 1.29 is 4.79 Å². The normalized spacial score (nSPS) is 24.6. The molecule has 1 rings (SSSR count). The third kappa shape index (κ3) is 2.11. The second kappa shape index (κ2) is 3.31. The Morgan fingerprint density at radius 1 is 1.67 bits per heavy atom. The zero-order valence-corrected chi connectivity index (χ0v) is 7.89. The van der Waals surface area contributed by atoms with Crippen molar-refractivity contribution in [3.8, 4) is 12.3 Å². The van der Waals surface area contributed by atoms with Gasteiger partial charge in [0.25, 0.3) is 0 Å². The molecule has 1 nitrogen and oxygen atoms in total. The molecule has 0 bridgehead atoms. The molecule has 0 N–H and O–H groups in total. The smallest absolute Gasteiger partial charge is 0.136 e. The largest absolute Gasteiger partial charge is 0.299 e. The van der Waals surface area contributed by atoms with Gasteiger partial charge in [-0.15, -0.1) is 12.3 Å². The van der Waals surface area contributed by atoms with Crippen molar-refractivity contribution in [2.75, 3.05) is 0 Å². The lowest BCUT2D eigenvalue weighted by Gasteiger charge is -2.00. The Morgan fingerprint density at radius 2 is 2.25 bits per heavy atom. The van der Waals surface area contributed by atoms with Crippen LogP contribution >= 0.6 is 0 Å². The van der Waals surface area contributed by atoms with Crippen molar-refractivity contribution in [1.82, 2.24) is 0 Å². The van der Waals surface area contributed by atoms with Crippen molar-refractivity contribution in [1.29, 1.82) is 0 Å². The number of rotatable bonds is 4. The minimum absolute atomic E-state index is 0.285. The van der Waals surface area contributed by atoms with Crippen LogP contribution in [0.25, 0.3) is 0 Å². The Bertz CT molecular complexity index is 220. The van der Waals surface area contributed by atoms with Crippen LogP contribution in [0.3, 0.4) is 0 Å². The maximum atomic E-state index is 11.4. The number of hydrogen-bond donors (Lipinski definition) is 0. The monoisotopic (exact) mass is 164 g/mol. The lowest BCUT2D eigenvalue weighted by Crippen LogP contribution is -2.05. The average molecular weight is 164 g/mol. The number of carbonyl (C=O) groups excluding carboxylic acids is 1. The van der Waals surface area contributed by atoms with Gasteiger partial charge in [-0.2, -0.15) is 0 Å². The van der Waals surface area contributed by atoms with E-state index >= 15 is 0 Å². The van der Waals surface area contributed by atoms with Crippen molar-refractivity contribution >= 4 is 5.78 Å². The molecule has 0 aliphatic heterocycles. The first-order valence-corrected chi connectivity index (χ1v) is 4.54. The highest BCUT2D eigenvalue weighted by Gasteiger charge is 2.49. The number of terminal acetylenes is 1. The third-order valence-corrected chi connectivity index (χ3v) is 2.65. The summed E-state index contributed by atoms with van der Waals surface area (Å²) >= 11 is 0. The molecular weight excluding hydrogens is 148 g/mol. The van der Waals surface area contributed by atoms with E-state index in [-0.39, 0.29) is 5.41 Å². The highest BCUT2D eigenvalue weighted by atomic mass is 16.1. The Hall–Kier alpha value is -0.770. The van der Waals surface area contributed by atoms with Gasteiger partial charge in [0.05, 0.1) is 0 Å². The molecule has 12 heavy (non-hydrogen) atoms. The number of unbranched alkanes of at least 4 members (excludes halogenated alkanes) is 1. The van der Waals surface area contributed by atoms with E-state index in [9.17, 15) is 4.79 Å². The van der Waals surface area contributed by atoms with Crippen molar-refractivity contribution in [2.45, 2.75) is 39.5 Å². The van der Waals surface area contributed by atoms with Crippen LogP contribution in [0.5, 0.6) is 0 Å². The topological polar surface area (TPSA) is 17.1 Å². The van der Waals surface area contributed by atoms with Crippen LogP contribution in [-0.2, 0) is 4.79 Å². The van der Waals surface area contributed by atoms with Gasteiger partial charge in [0.15, 0.2) is 0 Å². The number of hydrogen-bond acceptors (Lipinski definition) is 1. The maximum Gasteiger partial charge on any atom is 0.136 e. The third-order valence-electron chi connectivity index (χ3n) is 2.65. The van der Waals surface area contributed by atoms with Gasteiger partial charge >= 0.3 is 0 Å². The molecule has 0 radical (unpaired) electrons. The minimum atomic E-state index is 0.285. The van der Waals surface area contributed by atoms with Gasteiger partial charge in [0, 0.05) is 18.8 Å². The lowest BCUT2D eigenvalue weighted by molar-refractivity contribution is -0.121. The minimum Gasteiger partial charge on any atom is -0.299 e. The van der Waals surface area contributed by atoms with Crippen LogP contribution in [0.4, 0.5) is 0 Å². The van der Waals surface area contributed by atoms with E-state index in [1.165, 1.54) is 0 Å². The summed E-state index contributed by atoms with van der Waals surface area (Å²) in [6.45, 7) is 4.30. The van der Waals surface area contributed by atoms with Gasteiger partial charge in [0.2, 0.25) is 0 Å². The Morgan fingerprint density at radius 3 is 2.67 bits per heavy atom. The Labute approximate surface area is 74.5 Å². The van der Waals surface area contributed by atoms with Gasteiger partial charge in [-0.3, -0.25) is 4.79 Å². The van der Waals surface area contributed by atoms with E-state index < -0.39 is 0 Å². The van der Waals surface area contributed by atoms with E-state index in [0.29, 0.717) is 18.1 Å². The molecule has 1 aliphatic rings. The molecule has 0 aromatic rings. The summed E-state index contributed by atoms with van der Waals surface area (Å²) in [4.78, 5) is 11.4. The van der Waals surface area contributed by atoms with Gasteiger partial charge in [-0.05, 0) is 18.3 Å². The Balaban J connectivity index is 2.19. The molecule has 1 atom stereocenters. The molecule has 0 spiro atoms. The molecule has 0 heterocycles. The van der Waals surface area contributed by atoms with Crippen molar-refractivity contribution in [2.24, 2.45) is 11.3 Å². The fraction of sp³-hybridized carbons (Fsp3) is 0.727. The van der Waals surface area contributed by atoms with Gasteiger partial charge in [-0.25, -0.2) is 0 Å². The van der Waals surface area contributed by atoms with E-state index in [4.69, 9.17) is 6.42 Å². The van der Waals surface area contributed by atoms with E-state index in [0.717, 1.165) is 19.3 Å². The molecule has 0 saturated heterocycles. The average Bonchev–Trinajstić information content (AvgIpc) is 2.60. The number of ketones is 1. The molecular formula is C11H16O. The van der Waals surface area contributed by atoms with E-state index in [1.54, 1.807) is 0 Å². The van der Waals surface area contributed by atoms with Crippen LogP contribution < -0.4 is 0 Å². The van der Waals surface area contributed by atoms with E-state index in [2.05, 4.69) is 19.8 Å². The summed E-state index contributed by atoms with van der Waals surface area (Å²) in [5.41, 5.74) is 0.285. The van der Waals surface area contributed by atoms with Crippen molar-refractivity contribution in [3.63, 3.8) is 0 Å². The predicted molar refractivity (Wildman–Crippen MR) is 49.6 cm³/mol. The molecule has 0 aromatic carbocycles. The summed E-state index contributed by atoms with van der Waals surface area (Å²) in [7, 11) is 0. The van der Waals surface area contributed by atoms with Gasteiger partial charge < -0.3 is 0 Å². The molecule has 66 valence electrons. The summed E-state index contributed by atoms with van der Waals surface area (Å²) in [5.74, 6) is 3.29. The first-order chi connectivity index (χ1) is 5.58. The number of carbonyl (C=O) groups is 1. The SMILES string of the molecule is C#CCCCC(=O)C1CC1(C)C. The molecule has 0 amide bonds. The highest BCUT2D eigenvalue weighted by Crippen LogP contribution is 2.52. The fourth-order valence-electron chi connectivity index (χ4n) is 1.56. The fourth-order valence-corrected chi connectivity index (χ4v) is 1.56.